The van der Waals surface area contributed by atoms with Crippen molar-refractivity contribution in [2.45, 2.75) is 6.92 Å². The summed E-state index contributed by atoms with van der Waals surface area (Å²) >= 11 is 0. The van der Waals surface area contributed by atoms with E-state index in [2.05, 4.69) is 15.1 Å². The van der Waals surface area contributed by atoms with E-state index in [0.717, 1.165) is 6.07 Å². The Bertz CT molecular complexity index is 863. The molecule has 0 bridgehead atoms. The van der Waals surface area contributed by atoms with Crippen LogP contribution in [0.2, 0.25) is 0 Å². The predicted octanol–water partition coefficient (Wildman–Crippen LogP) is 2.25. The molecular formula is C14H10F2N4O2. The highest BCUT2D eigenvalue weighted by atomic mass is 19.1. The van der Waals surface area contributed by atoms with Gasteiger partial charge in [0, 0.05) is 12.4 Å². The summed E-state index contributed by atoms with van der Waals surface area (Å²) in [5.41, 5.74) is 0.131. The Balaban J connectivity index is 2.28. The zero-order valence-electron chi connectivity index (χ0n) is 11.5. The molecule has 3 heterocycles. The Morgan fingerprint density at radius 1 is 1.36 bits per heavy atom. The van der Waals surface area contributed by atoms with E-state index in [9.17, 15) is 13.6 Å². The molecule has 0 radical (unpaired) electrons. The van der Waals surface area contributed by atoms with Crippen LogP contribution in [-0.2, 0) is 4.74 Å². The summed E-state index contributed by atoms with van der Waals surface area (Å²) < 4.78 is 33.2. The third kappa shape index (κ3) is 2.28. The van der Waals surface area contributed by atoms with Gasteiger partial charge in [0.05, 0.1) is 12.2 Å². The molecule has 0 saturated carbocycles. The van der Waals surface area contributed by atoms with Crippen molar-refractivity contribution in [1.82, 2.24) is 19.6 Å². The SMILES string of the molecule is CCOC(=O)c1c(-c2ccc(F)nc2F)nn2cccnc12. The lowest BCUT2D eigenvalue weighted by Crippen LogP contribution is -2.07. The van der Waals surface area contributed by atoms with Crippen LogP contribution in [0.1, 0.15) is 17.3 Å². The number of ether oxygens (including phenoxy) is 1. The van der Waals surface area contributed by atoms with Crippen molar-refractivity contribution in [2.24, 2.45) is 0 Å². The van der Waals surface area contributed by atoms with Gasteiger partial charge in [0.25, 0.3) is 0 Å². The second-order valence-electron chi connectivity index (χ2n) is 4.30. The Kier molecular flexibility index (Phi) is 3.50. The van der Waals surface area contributed by atoms with E-state index >= 15 is 0 Å². The van der Waals surface area contributed by atoms with Gasteiger partial charge in [0.1, 0.15) is 11.3 Å². The first-order valence-electron chi connectivity index (χ1n) is 6.44. The molecule has 0 unspecified atom stereocenters. The number of nitrogens with zero attached hydrogens (tertiary/aromatic N) is 4. The minimum atomic E-state index is -1.06. The molecule has 3 rings (SSSR count). The maximum absolute atomic E-state index is 13.9. The molecular weight excluding hydrogens is 294 g/mol. The second-order valence-corrected chi connectivity index (χ2v) is 4.30. The van der Waals surface area contributed by atoms with Crippen molar-refractivity contribution in [3.8, 4) is 11.3 Å². The van der Waals surface area contributed by atoms with Crippen LogP contribution in [0.3, 0.4) is 0 Å². The average Bonchev–Trinajstić information content (AvgIpc) is 2.86. The minimum Gasteiger partial charge on any atom is -0.462 e. The normalized spacial score (nSPS) is 10.9. The number of esters is 1. The number of aromatic nitrogens is 4. The molecule has 0 N–H and O–H groups in total. The van der Waals surface area contributed by atoms with Gasteiger partial charge in [-0.15, -0.1) is 0 Å². The maximum Gasteiger partial charge on any atom is 0.344 e. The summed E-state index contributed by atoms with van der Waals surface area (Å²) in [6.07, 6.45) is 3.03. The number of hydrogen-bond acceptors (Lipinski definition) is 5. The highest BCUT2D eigenvalue weighted by Gasteiger charge is 2.25. The number of pyridine rings is 1. The summed E-state index contributed by atoms with van der Waals surface area (Å²) in [6.45, 7) is 1.79. The fourth-order valence-electron chi connectivity index (χ4n) is 2.06. The van der Waals surface area contributed by atoms with Gasteiger partial charge in [0.15, 0.2) is 5.65 Å². The lowest BCUT2D eigenvalue weighted by atomic mass is 10.1. The average molecular weight is 304 g/mol. The van der Waals surface area contributed by atoms with Crippen LogP contribution in [0.5, 0.6) is 0 Å². The third-order valence-corrected chi connectivity index (χ3v) is 2.94. The van der Waals surface area contributed by atoms with E-state index < -0.39 is 17.9 Å². The van der Waals surface area contributed by atoms with Gasteiger partial charge < -0.3 is 4.74 Å². The molecule has 22 heavy (non-hydrogen) atoms. The summed E-state index contributed by atoms with van der Waals surface area (Å²) in [4.78, 5) is 19.3. The molecule has 0 fully saturated rings. The molecule has 6 nitrogen and oxygen atoms in total. The zero-order valence-corrected chi connectivity index (χ0v) is 11.5. The summed E-state index contributed by atoms with van der Waals surface area (Å²) in [6, 6.07) is 3.77. The van der Waals surface area contributed by atoms with Gasteiger partial charge in [-0.3, -0.25) is 0 Å². The first-order chi connectivity index (χ1) is 10.6. The minimum absolute atomic E-state index is 0.00199. The molecule has 0 atom stereocenters. The highest BCUT2D eigenvalue weighted by Crippen LogP contribution is 2.27. The first kappa shape index (κ1) is 14.1. The highest BCUT2D eigenvalue weighted by molar-refractivity contribution is 6.02. The monoisotopic (exact) mass is 304 g/mol. The molecule has 3 aromatic rings. The van der Waals surface area contributed by atoms with Crippen LogP contribution < -0.4 is 0 Å². The van der Waals surface area contributed by atoms with Crippen LogP contribution in [0.4, 0.5) is 8.78 Å². The number of halogens is 2. The van der Waals surface area contributed by atoms with Crippen molar-refractivity contribution in [2.75, 3.05) is 6.61 Å². The van der Waals surface area contributed by atoms with Crippen molar-refractivity contribution in [1.29, 1.82) is 0 Å². The van der Waals surface area contributed by atoms with Gasteiger partial charge in [-0.25, -0.2) is 14.3 Å². The molecule has 0 aliphatic heterocycles. The van der Waals surface area contributed by atoms with Crippen LogP contribution in [0.25, 0.3) is 16.9 Å². The van der Waals surface area contributed by atoms with Crippen LogP contribution in [0, 0.1) is 11.9 Å². The Labute approximate surface area is 123 Å². The van der Waals surface area contributed by atoms with Crippen molar-refractivity contribution in [3.05, 3.63) is 48.1 Å². The lowest BCUT2D eigenvalue weighted by molar-refractivity contribution is 0.0529. The fraction of sp³-hybridized carbons (Fsp3) is 0.143. The third-order valence-electron chi connectivity index (χ3n) is 2.94. The second kappa shape index (κ2) is 5.47. The van der Waals surface area contributed by atoms with E-state index in [0.29, 0.717) is 0 Å². The van der Waals surface area contributed by atoms with Crippen molar-refractivity contribution >= 4 is 11.6 Å². The number of rotatable bonds is 3. The predicted molar refractivity (Wildman–Crippen MR) is 72.1 cm³/mol. The Morgan fingerprint density at radius 2 is 2.18 bits per heavy atom. The zero-order chi connectivity index (χ0) is 15.7. The van der Waals surface area contributed by atoms with Crippen molar-refractivity contribution < 1.29 is 18.3 Å². The number of carbonyl (C=O) groups excluding carboxylic acids is 1. The quantitative estimate of drug-likeness (QED) is 0.548. The van der Waals surface area contributed by atoms with E-state index in [4.69, 9.17) is 4.74 Å². The van der Waals surface area contributed by atoms with E-state index in [1.807, 2.05) is 0 Å². The lowest BCUT2D eigenvalue weighted by Gasteiger charge is -2.03. The summed E-state index contributed by atoms with van der Waals surface area (Å²) in [7, 11) is 0. The molecule has 8 heteroatoms. The first-order valence-corrected chi connectivity index (χ1v) is 6.44. The van der Waals surface area contributed by atoms with Crippen molar-refractivity contribution in [3.63, 3.8) is 0 Å². The van der Waals surface area contributed by atoms with Crippen LogP contribution >= 0.6 is 0 Å². The molecule has 0 saturated heterocycles. The Morgan fingerprint density at radius 3 is 2.91 bits per heavy atom. The molecule has 112 valence electrons. The van der Waals surface area contributed by atoms with Gasteiger partial charge in [-0.1, -0.05) is 0 Å². The molecule has 3 aromatic heterocycles. The van der Waals surface area contributed by atoms with E-state index in [-0.39, 0.29) is 29.1 Å². The molecule has 0 aromatic carbocycles. The molecule has 0 amide bonds. The fourth-order valence-corrected chi connectivity index (χ4v) is 2.06. The standard InChI is InChI=1S/C14H10F2N4O2/c1-2-22-14(21)10-11(8-4-5-9(15)18-12(8)16)19-20-7-3-6-17-13(10)20/h3-7H,2H2,1H3. The maximum atomic E-state index is 13.9. The Hall–Kier alpha value is -2.90. The number of carbonyl (C=O) groups is 1. The smallest absolute Gasteiger partial charge is 0.344 e. The summed E-state index contributed by atoms with van der Waals surface area (Å²) in [5, 5.41) is 4.13. The van der Waals surface area contributed by atoms with E-state index in [1.165, 1.54) is 16.8 Å². The molecule has 0 aliphatic carbocycles. The van der Waals surface area contributed by atoms with Gasteiger partial charge in [-0.2, -0.15) is 18.9 Å². The van der Waals surface area contributed by atoms with Gasteiger partial charge in [-0.05, 0) is 25.1 Å². The van der Waals surface area contributed by atoms with Gasteiger partial charge in [0.2, 0.25) is 11.9 Å². The molecule has 0 aliphatic rings. The molecule has 0 spiro atoms. The topological polar surface area (TPSA) is 69.4 Å². The number of hydrogen-bond donors (Lipinski definition) is 0. The van der Waals surface area contributed by atoms with Crippen LogP contribution in [0.15, 0.2) is 30.6 Å². The van der Waals surface area contributed by atoms with Gasteiger partial charge >= 0.3 is 5.97 Å². The number of fused-ring (bicyclic) bond motifs is 1. The largest absolute Gasteiger partial charge is 0.462 e. The van der Waals surface area contributed by atoms with E-state index in [1.54, 1.807) is 19.2 Å². The summed E-state index contributed by atoms with van der Waals surface area (Å²) in [5.74, 6) is -2.70. The van der Waals surface area contributed by atoms with Crippen LogP contribution in [-0.4, -0.2) is 32.2 Å².